The van der Waals surface area contributed by atoms with Gasteiger partial charge >= 0.3 is 0 Å². The maximum atomic E-state index is 13.5. The Morgan fingerprint density at radius 2 is 1.75 bits per heavy atom. The van der Waals surface area contributed by atoms with Crippen LogP contribution in [-0.2, 0) is 21.5 Å². The summed E-state index contributed by atoms with van der Waals surface area (Å²) in [6.45, 7) is 0. The fourth-order valence-electron chi connectivity index (χ4n) is 4.95. The number of amides is 2. The van der Waals surface area contributed by atoms with Gasteiger partial charge in [-0.2, -0.15) is 0 Å². The quantitative estimate of drug-likeness (QED) is 0.580. The van der Waals surface area contributed by atoms with Gasteiger partial charge in [0, 0.05) is 23.0 Å². The molecule has 2 aliphatic rings. The highest BCUT2D eigenvalue weighted by Gasteiger charge is 2.59. The minimum atomic E-state index is -1.09. The first-order valence-corrected chi connectivity index (χ1v) is 10.8. The average molecular weight is 428 g/mol. The van der Waals surface area contributed by atoms with Gasteiger partial charge in [0.1, 0.15) is 11.3 Å². The Labute approximate surface area is 187 Å². The number of nitrogens with one attached hydrogen (secondary N) is 3. The molecule has 3 aromatic carbocycles. The summed E-state index contributed by atoms with van der Waals surface area (Å²) in [6, 6.07) is 24.9. The lowest BCUT2D eigenvalue weighted by molar-refractivity contribution is -0.130. The van der Waals surface area contributed by atoms with Crippen molar-refractivity contribution in [2.75, 3.05) is 17.7 Å². The zero-order valence-corrected chi connectivity index (χ0v) is 17.8. The number of methoxy groups -OCH3 is 1. The minimum Gasteiger partial charge on any atom is -0.497 e. The first-order valence-electron chi connectivity index (χ1n) is 10.8. The topological polar surface area (TPSA) is 79.5 Å². The highest BCUT2D eigenvalue weighted by molar-refractivity contribution is 6.10. The molecule has 3 aromatic rings. The molecule has 1 spiro atoms. The minimum absolute atomic E-state index is 0.0130. The molecule has 6 heteroatoms. The van der Waals surface area contributed by atoms with Gasteiger partial charge in [-0.15, -0.1) is 0 Å². The van der Waals surface area contributed by atoms with Crippen LogP contribution in [0.15, 0.2) is 78.9 Å². The maximum Gasteiger partial charge on any atom is 0.250 e. The van der Waals surface area contributed by atoms with E-state index in [2.05, 4.69) is 28.1 Å². The Morgan fingerprint density at radius 3 is 2.50 bits per heavy atom. The van der Waals surface area contributed by atoms with Gasteiger partial charge in [-0.05, 0) is 48.7 Å². The van der Waals surface area contributed by atoms with Crippen molar-refractivity contribution in [1.29, 1.82) is 0 Å². The van der Waals surface area contributed by atoms with Crippen LogP contribution in [0.4, 0.5) is 11.4 Å². The third kappa shape index (κ3) is 3.42. The summed E-state index contributed by atoms with van der Waals surface area (Å²) in [6.07, 6.45) is 1.29. The van der Waals surface area contributed by atoms with Crippen LogP contribution in [0.3, 0.4) is 0 Å². The Morgan fingerprint density at radius 1 is 1.03 bits per heavy atom. The lowest BCUT2D eigenvalue weighted by Gasteiger charge is -2.29. The first kappa shape index (κ1) is 20.3. The molecule has 0 saturated carbocycles. The maximum absolute atomic E-state index is 13.5. The molecule has 3 N–H and O–H groups in total. The molecule has 0 unspecified atom stereocenters. The Hall–Kier alpha value is -3.64. The van der Waals surface area contributed by atoms with E-state index in [9.17, 15) is 9.59 Å². The molecule has 2 aliphatic heterocycles. The normalized spacial score (nSPS) is 23.6. The average Bonchev–Trinajstić information content (AvgIpc) is 3.33. The van der Waals surface area contributed by atoms with Crippen molar-refractivity contribution in [3.63, 3.8) is 0 Å². The standard InChI is InChI=1S/C26H25N3O3/c1-32-20-13-11-18(12-14-20)27-24(30)22-16-19(15-17-7-3-2-4-8-17)29-26(22)21-9-5-6-10-23(21)28-25(26)31/h2-14,19,22,29H,15-16H2,1H3,(H,27,30)(H,28,31)/t19-,22+,26-/m0/s1. The van der Waals surface area contributed by atoms with Gasteiger partial charge in [-0.1, -0.05) is 48.5 Å². The van der Waals surface area contributed by atoms with Crippen LogP contribution in [0.1, 0.15) is 17.5 Å². The molecule has 2 amide bonds. The van der Waals surface area contributed by atoms with E-state index < -0.39 is 11.5 Å². The fraction of sp³-hybridized carbons (Fsp3) is 0.231. The van der Waals surface area contributed by atoms with Crippen molar-refractivity contribution in [2.24, 2.45) is 5.92 Å². The lowest BCUT2D eigenvalue weighted by Crippen LogP contribution is -2.52. The van der Waals surface area contributed by atoms with Crippen molar-refractivity contribution in [1.82, 2.24) is 5.32 Å². The smallest absolute Gasteiger partial charge is 0.250 e. The van der Waals surface area contributed by atoms with Crippen LogP contribution in [0.25, 0.3) is 0 Å². The Kier molecular flexibility index (Phi) is 5.15. The van der Waals surface area contributed by atoms with Gasteiger partial charge in [-0.3, -0.25) is 14.9 Å². The first-order chi connectivity index (χ1) is 15.6. The predicted octanol–water partition coefficient (Wildman–Crippen LogP) is 3.70. The third-order valence-electron chi connectivity index (χ3n) is 6.43. The second kappa shape index (κ2) is 8.13. The number of fused-ring (bicyclic) bond motifs is 2. The zero-order valence-electron chi connectivity index (χ0n) is 17.8. The highest BCUT2D eigenvalue weighted by Crippen LogP contribution is 2.47. The monoisotopic (exact) mass is 427 g/mol. The predicted molar refractivity (Wildman–Crippen MR) is 124 cm³/mol. The molecule has 1 saturated heterocycles. The van der Waals surface area contributed by atoms with E-state index in [0.29, 0.717) is 17.9 Å². The van der Waals surface area contributed by atoms with Crippen LogP contribution in [-0.4, -0.2) is 25.0 Å². The van der Waals surface area contributed by atoms with E-state index in [1.807, 2.05) is 42.5 Å². The van der Waals surface area contributed by atoms with Crippen LogP contribution < -0.4 is 20.7 Å². The molecule has 5 rings (SSSR count). The molecular formula is C26H25N3O3. The number of anilines is 2. The van der Waals surface area contributed by atoms with E-state index in [1.165, 1.54) is 5.56 Å². The molecular weight excluding hydrogens is 402 g/mol. The second-order valence-corrected chi connectivity index (χ2v) is 8.34. The van der Waals surface area contributed by atoms with Crippen LogP contribution >= 0.6 is 0 Å². The van der Waals surface area contributed by atoms with Gasteiger partial charge in [-0.25, -0.2) is 0 Å². The summed E-state index contributed by atoms with van der Waals surface area (Å²) in [5.41, 5.74) is 2.34. The van der Waals surface area contributed by atoms with E-state index >= 15 is 0 Å². The SMILES string of the molecule is COc1ccc(NC(=O)[C@H]2C[C@H](Cc3ccccc3)N[C@]23C(=O)Nc2ccccc23)cc1. The fourth-order valence-corrected chi connectivity index (χ4v) is 4.95. The number of carbonyl (C=O) groups is 2. The van der Waals surface area contributed by atoms with Gasteiger partial charge in [0.25, 0.3) is 0 Å². The summed E-state index contributed by atoms with van der Waals surface area (Å²) in [5.74, 6) is -0.190. The number of rotatable bonds is 5. The molecule has 0 aromatic heterocycles. The highest BCUT2D eigenvalue weighted by atomic mass is 16.5. The van der Waals surface area contributed by atoms with Crippen molar-refractivity contribution >= 4 is 23.2 Å². The molecule has 1 fully saturated rings. The number of hydrogen-bond acceptors (Lipinski definition) is 4. The van der Waals surface area contributed by atoms with Gasteiger partial charge in [0.2, 0.25) is 11.8 Å². The van der Waals surface area contributed by atoms with Crippen molar-refractivity contribution in [2.45, 2.75) is 24.4 Å². The Bertz CT molecular complexity index is 1150. The van der Waals surface area contributed by atoms with Crippen molar-refractivity contribution in [3.8, 4) is 5.75 Å². The molecule has 0 radical (unpaired) electrons. The number of benzene rings is 3. The van der Waals surface area contributed by atoms with Crippen molar-refractivity contribution < 1.29 is 14.3 Å². The Balaban J connectivity index is 1.47. The molecule has 6 nitrogen and oxygen atoms in total. The lowest BCUT2D eigenvalue weighted by atomic mass is 9.79. The summed E-state index contributed by atoms with van der Waals surface area (Å²) in [7, 11) is 1.60. The summed E-state index contributed by atoms with van der Waals surface area (Å²) in [4.78, 5) is 26.9. The van der Waals surface area contributed by atoms with Crippen molar-refractivity contribution in [3.05, 3.63) is 90.0 Å². The molecule has 32 heavy (non-hydrogen) atoms. The molecule has 3 atom stereocenters. The number of para-hydroxylation sites is 1. The number of ether oxygens (including phenoxy) is 1. The van der Waals surface area contributed by atoms with Gasteiger partial charge in [0.15, 0.2) is 0 Å². The van der Waals surface area contributed by atoms with Crippen LogP contribution in [0, 0.1) is 5.92 Å². The van der Waals surface area contributed by atoms with Crippen LogP contribution in [0.5, 0.6) is 5.75 Å². The van der Waals surface area contributed by atoms with Gasteiger partial charge < -0.3 is 15.4 Å². The molecule has 0 bridgehead atoms. The molecule has 162 valence electrons. The van der Waals surface area contributed by atoms with Crippen LogP contribution in [0.2, 0.25) is 0 Å². The summed E-state index contributed by atoms with van der Waals surface area (Å²) >= 11 is 0. The largest absolute Gasteiger partial charge is 0.497 e. The summed E-state index contributed by atoms with van der Waals surface area (Å²) < 4.78 is 5.20. The van der Waals surface area contributed by atoms with E-state index in [-0.39, 0.29) is 17.9 Å². The summed E-state index contributed by atoms with van der Waals surface area (Å²) in [5, 5.41) is 9.55. The zero-order chi connectivity index (χ0) is 22.1. The van der Waals surface area contributed by atoms with E-state index in [4.69, 9.17) is 4.74 Å². The van der Waals surface area contributed by atoms with Gasteiger partial charge in [0.05, 0.1) is 13.0 Å². The number of carbonyl (C=O) groups excluding carboxylic acids is 2. The second-order valence-electron chi connectivity index (χ2n) is 8.34. The van der Waals surface area contributed by atoms with E-state index in [1.54, 1.807) is 31.4 Å². The molecule has 2 heterocycles. The third-order valence-corrected chi connectivity index (χ3v) is 6.43. The molecule has 0 aliphatic carbocycles. The number of hydrogen-bond donors (Lipinski definition) is 3. The van der Waals surface area contributed by atoms with E-state index in [0.717, 1.165) is 17.7 Å².